The lowest BCUT2D eigenvalue weighted by atomic mass is 10.3. The third-order valence-corrected chi connectivity index (χ3v) is 2.34. The Balaban J connectivity index is 2.01. The predicted octanol–water partition coefficient (Wildman–Crippen LogP) is 0.533. The van der Waals surface area contributed by atoms with Gasteiger partial charge in [0.25, 0.3) is 5.95 Å². The standard InChI is InChI=1S/C10H10N8O/c1-19-10-12-9(11-8-13-16-17-14-8)18(15-10)7-5-3-2-4-6-7/h2-6H,1H3,(H2,11,12,13,14,15,16,17). The van der Waals surface area contributed by atoms with Gasteiger partial charge in [-0.2, -0.15) is 14.9 Å². The minimum absolute atomic E-state index is 0.245. The van der Waals surface area contributed by atoms with Crippen LogP contribution in [0.4, 0.5) is 11.9 Å². The zero-order chi connectivity index (χ0) is 13.1. The first-order valence-electron chi connectivity index (χ1n) is 5.44. The fourth-order valence-electron chi connectivity index (χ4n) is 1.52. The van der Waals surface area contributed by atoms with Crippen molar-refractivity contribution in [3.05, 3.63) is 30.3 Å². The Morgan fingerprint density at radius 3 is 2.79 bits per heavy atom. The van der Waals surface area contributed by atoms with E-state index in [0.717, 1.165) is 5.69 Å². The van der Waals surface area contributed by atoms with Crippen LogP contribution in [0, 0.1) is 0 Å². The van der Waals surface area contributed by atoms with E-state index in [1.165, 1.54) is 7.11 Å². The van der Waals surface area contributed by atoms with E-state index < -0.39 is 0 Å². The van der Waals surface area contributed by atoms with E-state index in [2.05, 4.69) is 36.0 Å². The van der Waals surface area contributed by atoms with Crippen LogP contribution in [-0.4, -0.2) is 42.5 Å². The summed E-state index contributed by atoms with van der Waals surface area (Å²) in [4.78, 5) is 4.18. The molecule has 0 radical (unpaired) electrons. The van der Waals surface area contributed by atoms with Gasteiger partial charge < -0.3 is 4.74 Å². The Hall–Kier alpha value is -2.97. The van der Waals surface area contributed by atoms with Gasteiger partial charge in [0.05, 0.1) is 12.8 Å². The highest BCUT2D eigenvalue weighted by Crippen LogP contribution is 2.18. The molecule has 0 aliphatic heterocycles. The number of tetrazole rings is 1. The van der Waals surface area contributed by atoms with Crippen molar-refractivity contribution < 1.29 is 4.74 Å². The molecule has 2 N–H and O–H groups in total. The predicted molar refractivity (Wildman–Crippen MR) is 65.4 cm³/mol. The van der Waals surface area contributed by atoms with Crippen LogP contribution in [0.1, 0.15) is 0 Å². The average Bonchev–Trinajstić information content (AvgIpc) is 3.10. The lowest BCUT2D eigenvalue weighted by Crippen LogP contribution is -2.04. The summed E-state index contributed by atoms with van der Waals surface area (Å²) in [7, 11) is 1.50. The number of H-pyrrole nitrogens is 1. The second kappa shape index (κ2) is 4.72. The van der Waals surface area contributed by atoms with Crippen LogP contribution in [0.3, 0.4) is 0 Å². The molecule has 0 aliphatic carbocycles. The van der Waals surface area contributed by atoms with Crippen molar-refractivity contribution in [2.24, 2.45) is 0 Å². The smallest absolute Gasteiger partial charge is 0.337 e. The second-order valence-electron chi connectivity index (χ2n) is 3.53. The van der Waals surface area contributed by atoms with Crippen LogP contribution in [0.15, 0.2) is 30.3 Å². The molecule has 0 bridgehead atoms. The molecule has 2 heterocycles. The first kappa shape index (κ1) is 11.1. The molecule has 0 fully saturated rings. The molecule has 9 heteroatoms. The summed E-state index contributed by atoms with van der Waals surface area (Å²) < 4.78 is 6.62. The maximum absolute atomic E-state index is 5.03. The molecule has 0 atom stereocenters. The lowest BCUT2D eigenvalue weighted by molar-refractivity contribution is 0.380. The van der Waals surface area contributed by atoms with E-state index >= 15 is 0 Å². The largest absolute Gasteiger partial charge is 0.466 e. The van der Waals surface area contributed by atoms with Crippen LogP contribution in [-0.2, 0) is 0 Å². The van der Waals surface area contributed by atoms with Gasteiger partial charge in [0.15, 0.2) is 0 Å². The number of anilines is 2. The third-order valence-electron chi connectivity index (χ3n) is 2.34. The van der Waals surface area contributed by atoms with E-state index in [0.29, 0.717) is 11.9 Å². The van der Waals surface area contributed by atoms with Gasteiger partial charge in [-0.05, 0) is 17.3 Å². The fraction of sp³-hybridized carbons (Fsp3) is 0.100. The normalized spacial score (nSPS) is 10.4. The van der Waals surface area contributed by atoms with Gasteiger partial charge in [-0.25, -0.2) is 0 Å². The van der Waals surface area contributed by atoms with Crippen molar-refractivity contribution >= 4 is 11.9 Å². The van der Waals surface area contributed by atoms with Crippen LogP contribution in [0.5, 0.6) is 6.01 Å². The molecule has 19 heavy (non-hydrogen) atoms. The SMILES string of the molecule is COc1nc(Nc2nn[nH]n2)n(-c2ccccc2)n1. The number of hydrogen-bond acceptors (Lipinski definition) is 7. The summed E-state index contributed by atoms with van der Waals surface area (Å²) in [5.41, 5.74) is 0.837. The van der Waals surface area contributed by atoms with Crippen molar-refractivity contribution in [3.63, 3.8) is 0 Å². The highest BCUT2D eigenvalue weighted by Gasteiger charge is 2.13. The Morgan fingerprint density at radius 2 is 2.11 bits per heavy atom. The number of ether oxygens (including phenoxy) is 1. The number of benzene rings is 1. The van der Waals surface area contributed by atoms with Crippen LogP contribution < -0.4 is 10.1 Å². The van der Waals surface area contributed by atoms with E-state index in [9.17, 15) is 0 Å². The molecule has 1 aromatic carbocycles. The molecule has 0 amide bonds. The van der Waals surface area contributed by atoms with Gasteiger partial charge in [-0.1, -0.05) is 23.3 Å². The van der Waals surface area contributed by atoms with Gasteiger partial charge in [0, 0.05) is 0 Å². The first-order valence-corrected chi connectivity index (χ1v) is 5.44. The number of aromatic amines is 1. The van der Waals surface area contributed by atoms with E-state index in [4.69, 9.17) is 4.74 Å². The summed E-state index contributed by atoms with van der Waals surface area (Å²) in [6, 6.07) is 9.77. The molecule has 0 unspecified atom stereocenters. The van der Waals surface area contributed by atoms with Crippen molar-refractivity contribution in [1.29, 1.82) is 0 Å². The van der Waals surface area contributed by atoms with Crippen LogP contribution >= 0.6 is 0 Å². The second-order valence-corrected chi connectivity index (χ2v) is 3.53. The molecular weight excluding hydrogens is 248 g/mol. The molecule has 0 saturated heterocycles. The Morgan fingerprint density at radius 1 is 1.26 bits per heavy atom. The number of nitrogens with zero attached hydrogens (tertiary/aromatic N) is 6. The average molecular weight is 258 g/mol. The molecule has 0 aliphatic rings. The van der Waals surface area contributed by atoms with E-state index in [-0.39, 0.29) is 6.01 Å². The van der Waals surface area contributed by atoms with E-state index in [1.54, 1.807) is 4.68 Å². The van der Waals surface area contributed by atoms with Crippen LogP contribution in [0.25, 0.3) is 5.69 Å². The molecule has 9 nitrogen and oxygen atoms in total. The highest BCUT2D eigenvalue weighted by molar-refractivity contribution is 5.47. The maximum atomic E-state index is 5.03. The molecular formula is C10H10N8O. The number of nitrogens with one attached hydrogen (secondary N) is 2. The lowest BCUT2D eigenvalue weighted by Gasteiger charge is -2.04. The Bertz CT molecular complexity index is 647. The van der Waals surface area contributed by atoms with Crippen molar-refractivity contribution in [2.45, 2.75) is 0 Å². The Kier molecular flexibility index (Phi) is 2.77. The molecule has 96 valence electrons. The maximum Gasteiger partial charge on any atom is 0.337 e. The topological polar surface area (TPSA) is 106 Å². The summed E-state index contributed by atoms with van der Waals surface area (Å²) in [6.07, 6.45) is 0. The summed E-state index contributed by atoms with van der Waals surface area (Å²) in [6.45, 7) is 0. The van der Waals surface area contributed by atoms with Gasteiger partial charge >= 0.3 is 6.01 Å². The quantitative estimate of drug-likeness (QED) is 0.703. The van der Waals surface area contributed by atoms with E-state index in [1.807, 2.05) is 30.3 Å². The van der Waals surface area contributed by atoms with Crippen LogP contribution in [0.2, 0.25) is 0 Å². The third kappa shape index (κ3) is 2.20. The van der Waals surface area contributed by atoms with Crippen molar-refractivity contribution in [3.8, 4) is 11.7 Å². The zero-order valence-corrected chi connectivity index (χ0v) is 9.98. The van der Waals surface area contributed by atoms with Gasteiger partial charge in [-0.15, -0.1) is 10.2 Å². The molecule has 3 aromatic rings. The minimum Gasteiger partial charge on any atom is -0.466 e. The van der Waals surface area contributed by atoms with Crippen molar-refractivity contribution in [2.75, 3.05) is 12.4 Å². The zero-order valence-electron chi connectivity index (χ0n) is 9.98. The number of aromatic nitrogens is 7. The molecule has 0 spiro atoms. The highest BCUT2D eigenvalue weighted by atomic mass is 16.5. The number of hydrogen-bond donors (Lipinski definition) is 2. The monoisotopic (exact) mass is 258 g/mol. The number of rotatable bonds is 4. The number of methoxy groups -OCH3 is 1. The summed E-state index contributed by atoms with van der Waals surface area (Å²) >= 11 is 0. The summed E-state index contributed by atoms with van der Waals surface area (Å²) in [5.74, 6) is 0.733. The Labute approximate surface area is 107 Å². The van der Waals surface area contributed by atoms with Crippen molar-refractivity contribution in [1.82, 2.24) is 35.4 Å². The molecule has 3 rings (SSSR count). The van der Waals surface area contributed by atoms with Gasteiger partial charge in [0.2, 0.25) is 5.95 Å². The fourth-order valence-corrected chi connectivity index (χ4v) is 1.52. The van der Waals surface area contributed by atoms with Gasteiger partial charge in [0.1, 0.15) is 0 Å². The first-order chi connectivity index (χ1) is 9.36. The number of para-hydroxylation sites is 1. The summed E-state index contributed by atoms with van der Waals surface area (Å²) in [5, 5.41) is 20.5. The van der Waals surface area contributed by atoms with Gasteiger partial charge in [-0.3, -0.25) is 5.32 Å². The molecule has 0 saturated carbocycles. The minimum atomic E-state index is 0.245. The molecule has 2 aromatic heterocycles.